The van der Waals surface area contributed by atoms with Gasteiger partial charge < -0.3 is 9.84 Å². The molecule has 20 heavy (non-hydrogen) atoms. The fraction of sp³-hybridized carbons (Fsp3) is 0.462. The average molecular weight is 309 g/mol. The molecule has 0 aliphatic carbocycles. The van der Waals surface area contributed by atoms with Crippen molar-refractivity contribution in [1.29, 1.82) is 0 Å². The van der Waals surface area contributed by atoms with Crippen LogP contribution in [-0.2, 0) is 17.6 Å². The van der Waals surface area contributed by atoms with Crippen LogP contribution in [0.1, 0.15) is 18.1 Å². The SMILES string of the molecule is CCc1cc2c(cc1Cl)CC(C(=O)O)C(C(F)(F)F)O2. The topological polar surface area (TPSA) is 46.5 Å². The number of carboxylic acids is 1. The molecular weight excluding hydrogens is 297 g/mol. The monoisotopic (exact) mass is 308 g/mol. The third kappa shape index (κ3) is 2.70. The standard InChI is InChI=1S/C13H12ClF3O3/c1-2-6-5-10-7(4-9(6)14)3-8(12(18)19)11(20-10)13(15,16)17/h4-5,8,11H,2-3H2,1H3,(H,18,19). The quantitative estimate of drug-likeness (QED) is 0.910. The predicted octanol–water partition coefficient (Wildman–Crippen LogP) is 3.47. The number of halogens is 4. The van der Waals surface area contributed by atoms with E-state index in [9.17, 15) is 18.0 Å². The molecule has 0 bridgehead atoms. The van der Waals surface area contributed by atoms with Gasteiger partial charge in [0.15, 0.2) is 0 Å². The van der Waals surface area contributed by atoms with E-state index in [1.165, 1.54) is 12.1 Å². The summed E-state index contributed by atoms with van der Waals surface area (Å²) < 4.78 is 43.6. The van der Waals surface area contributed by atoms with Gasteiger partial charge in [-0.2, -0.15) is 13.2 Å². The summed E-state index contributed by atoms with van der Waals surface area (Å²) in [5.74, 6) is -3.13. The molecule has 7 heteroatoms. The van der Waals surface area contributed by atoms with Gasteiger partial charge in [-0.1, -0.05) is 18.5 Å². The van der Waals surface area contributed by atoms with Crippen molar-refractivity contribution in [3.05, 3.63) is 28.3 Å². The first-order chi connectivity index (χ1) is 9.24. The van der Waals surface area contributed by atoms with Crippen molar-refractivity contribution in [3.63, 3.8) is 0 Å². The number of aryl methyl sites for hydroxylation is 1. The minimum Gasteiger partial charge on any atom is -0.481 e. The fourth-order valence-electron chi connectivity index (χ4n) is 2.25. The number of alkyl halides is 3. The zero-order valence-electron chi connectivity index (χ0n) is 10.5. The van der Waals surface area contributed by atoms with E-state index in [2.05, 4.69) is 0 Å². The average Bonchev–Trinajstić information content (AvgIpc) is 2.35. The van der Waals surface area contributed by atoms with Crippen LogP contribution in [0.5, 0.6) is 5.75 Å². The van der Waals surface area contributed by atoms with Crippen molar-refractivity contribution >= 4 is 17.6 Å². The molecule has 2 atom stereocenters. The van der Waals surface area contributed by atoms with Gasteiger partial charge in [0.1, 0.15) is 11.7 Å². The predicted molar refractivity (Wildman–Crippen MR) is 66.1 cm³/mol. The Morgan fingerprint density at radius 1 is 1.50 bits per heavy atom. The molecular formula is C13H12ClF3O3. The van der Waals surface area contributed by atoms with Crippen LogP contribution in [0.4, 0.5) is 13.2 Å². The van der Waals surface area contributed by atoms with Crippen LogP contribution >= 0.6 is 11.6 Å². The summed E-state index contributed by atoms with van der Waals surface area (Å²) in [4.78, 5) is 11.0. The Labute approximate surface area is 118 Å². The Bertz CT molecular complexity index is 542. The summed E-state index contributed by atoms with van der Waals surface area (Å²) in [6, 6.07) is 2.94. The molecule has 1 aliphatic rings. The lowest BCUT2D eigenvalue weighted by Gasteiger charge is -2.32. The van der Waals surface area contributed by atoms with Gasteiger partial charge in [-0.25, -0.2) is 0 Å². The zero-order chi connectivity index (χ0) is 15.1. The molecule has 1 N–H and O–H groups in total. The molecule has 1 heterocycles. The summed E-state index contributed by atoms with van der Waals surface area (Å²) in [6.45, 7) is 1.82. The van der Waals surface area contributed by atoms with Crippen LogP contribution in [0, 0.1) is 5.92 Å². The maximum absolute atomic E-state index is 12.9. The highest BCUT2D eigenvalue weighted by molar-refractivity contribution is 6.31. The summed E-state index contributed by atoms with van der Waals surface area (Å²) >= 11 is 5.99. The first kappa shape index (κ1) is 15.0. The maximum atomic E-state index is 12.9. The molecule has 0 amide bonds. The molecule has 2 unspecified atom stereocenters. The molecule has 0 saturated carbocycles. The van der Waals surface area contributed by atoms with Crippen LogP contribution in [-0.4, -0.2) is 23.4 Å². The number of ether oxygens (including phenoxy) is 1. The second-order valence-corrected chi connectivity index (χ2v) is 5.04. The lowest BCUT2D eigenvalue weighted by atomic mass is 9.89. The lowest BCUT2D eigenvalue weighted by molar-refractivity contribution is -0.217. The Balaban J connectivity index is 2.45. The summed E-state index contributed by atoms with van der Waals surface area (Å²) in [5.41, 5.74) is 1.06. The second-order valence-electron chi connectivity index (χ2n) is 4.63. The van der Waals surface area contributed by atoms with E-state index < -0.39 is 24.2 Å². The van der Waals surface area contributed by atoms with Crippen molar-refractivity contribution in [2.75, 3.05) is 0 Å². The third-order valence-electron chi connectivity index (χ3n) is 3.31. The second kappa shape index (κ2) is 5.16. The van der Waals surface area contributed by atoms with Gasteiger partial charge in [0.05, 0.1) is 0 Å². The van der Waals surface area contributed by atoms with Crippen molar-refractivity contribution in [2.24, 2.45) is 5.92 Å². The molecule has 3 nitrogen and oxygen atoms in total. The number of benzene rings is 1. The molecule has 0 saturated heterocycles. The number of fused-ring (bicyclic) bond motifs is 1. The summed E-state index contributed by atoms with van der Waals surface area (Å²) in [7, 11) is 0. The van der Waals surface area contributed by atoms with E-state index in [0.717, 1.165) is 0 Å². The molecule has 0 aromatic heterocycles. The first-order valence-electron chi connectivity index (χ1n) is 6.01. The minimum absolute atomic E-state index is 0.0612. The van der Waals surface area contributed by atoms with E-state index in [0.29, 0.717) is 22.6 Å². The Morgan fingerprint density at radius 3 is 2.65 bits per heavy atom. The van der Waals surface area contributed by atoms with Gasteiger partial charge >= 0.3 is 12.1 Å². The highest BCUT2D eigenvalue weighted by atomic mass is 35.5. The van der Waals surface area contributed by atoms with Crippen molar-refractivity contribution in [2.45, 2.75) is 32.0 Å². The number of rotatable bonds is 2. The van der Waals surface area contributed by atoms with Gasteiger partial charge in [0.25, 0.3) is 0 Å². The lowest BCUT2D eigenvalue weighted by Crippen LogP contribution is -2.47. The van der Waals surface area contributed by atoms with Gasteiger partial charge in [0, 0.05) is 5.02 Å². The molecule has 1 aliphatic heterocycles. The number of hydrogen-bond donors (Lipinski definition) is 1. The van der Waals surface area contributed by atoms with Crippen LogP contribution in [0.15, 0.2) is 12.1 Å². The molecule has 1 aromatic carbocycles. The Morgan fingerprint density at radius 2 is 2.15 bits per heavy atom. The number of hydrogen-bond acceptors (Lipinski definition) is 2. The Hall–Kier alpha value is -1.43. The van der Waals surface area contributed by atoms with E-state index in [1.807, 2.05) is 6.92 Å². The van der Waals surface area contributed by atoms with Crippen molar-refractivity contribution in [1.82, 2.24) is 0 Å². The van der Waals surface area contributed by atoms with Crippen molar-refractivity contribution in [3.8, 4) is 5.75 Å². The highest BCUT2D eigenvalue weighted by Crippen LogP contribution is 2.40. The van der Waals surface area contributed by atoms with Crippen LogP contribution in [0.25, 0.3) is 0 Å². The van der Waals surface area contributed by atoms with Gasteiger partial charge in [0.2, 0.25) is 6.10 Å². The normalized spacial score (nSPS) is 22.1. The molecule has 2 rings (SSSR count). The minimum atomic E-state index is -4.73. The summed E-state index contributed by atoms with van der Waals surface area (Å²) in [5, 5.41) is 9.36. The largest absolute Gasteiger partial charge is 0.481 e. The smallest absolute Gasteiger partial charge is 0.426 e. The van der Waals surface area contributed by atoms with Crippen molar-refractivity contribution < 1.29 is 27.8 Å². The van der Waals surface area contributed by atoms with Gasteiger partial charge in [-0.05, 0) is 36.1 Å². The molecule has 1 aromatic rings. The molecule has 110 valence electrons. The van der Waals surface area contributed by atoms with E-state index in [1.54, 1.807) is 0 Å². The van der Waals surface area contributed by atoms with Crippen LogP contribution in [0.3, 0.4) is 0 Å². The number of carboxylic acid groups (broad SMARTS) is 1. The summed E-state index contributed by atoms with van der Waals surface area (Å²) in [6.07, 6.45) is -6.77. The fourth-order valence-corrected chi connectivity index (χ4v) is 2.57. The number of aliphatic carboxylic acids is 1. The first-order valence-corrected chi connectivity index (χ1v) is 6.39. The van der Waals surface area contributed by atoms with E-state index in [4.69, 9.17) is 21.4 Å². The molecule has 0 fully saturated rings. The highest BCUT2D eigenvalue weighted by Gasteiger charge is 2.52. The Kier molecular flexibility index (Phi) is 3.86. The zero-order valence-corrected chi connectivity index (χ0v) is 11.3. The van der Waals surface area contributed by atoms with Crippen LogP contribution in [0.2, 0.25) is 5.02 Å². The maximum Gasteiger partial charge on any atom is 0.426 e. The molecule has 0 radical (unpaired) electrons. The van der Waals surface area contributed by atoms with Gasteiger partial charge in [-0.3, -0.25) is 4.79 Å². The van der Waals surface area contributed by atoms with Crippen LogP contribution < -0.4 is 4.74 Å². The van der Waals surface area contributed by atoms with E-state index >= 15 is 0 Å². The third-order valence-corrected chi connectivity index (χ3v) is 3.66. The van der Waals surface area contributed by atoms with Gasteiger partial charge in [-0.15, -0.1) is 0 Å². The van der Waals surface area contributed by atoms with E-state index in [-0.39, 0.29) is 12.2 Å². The molecule has 0 spiro atoms. The number of carbonyl (C=O) groups is 1.